The zero-order chi connectivity index (χ0) is 32.4. The van der Waals surface area contributed by atoms with Gasteiger partial charge in [0, 0.05) is 65.9 Å². The molecule has 44 heavy (non-hydrogen) atoms. The Morgan fingerprint density at radius 3 is 1.66 bits per heavy atom. The monoisotopic (exact) mass is 704 g/mol. The number of thiophene rings is 2. The Kier molecular flexibility index (Phi) is 7.80. The molecule has 1 atom stereocenters. The fourth-order valence-corrected chi connectivity index (χ4v) is 9.06. The van der Waals surface area contributed by atoms with Crippen LogP contribution < -0.4 is 0 Å². The van der Waals surface area contributed by atoms with Crippen molar-refractivity contribution in [3.63, 3.8) is 0 Å². The molecule has 2 aromatic heterocycles. The Balaban J connectivity index is 0.000000177. The van der Waals surface area contributed by atoms with Gasteiger partial charge in [0.05, 0.1) is 25.7 Å². The van der Waals surface area contributed by atoms with E-state index in [2.05, 4.69) is 0 Å². The highest BCUT2D eigenvalue weighted by atomic mass is 35.7. The number of hydrogen-bond acceptors (Lipinski definition) is 10. The predicted octanol–water partition coefficient (Wildman–Crippen LogP) is 7.92. The van der Waals surface area contributed by atoms with E-state index in [0.29, 0.717) is 6.07 Å². The van der Waals surface area contributed by atoms with Gasteiger partial charge in [-0.3, -0.25) is 20.2 Å². The van der Waals surface area contributed by atoms with Gasteiger partial charge < -0.3 is 4.55 Å². The lowest BCUT2D eigenvalue weighted by atomic mass is 10.1. The van der Waals surface area contributed by atoms with E-state index in [0.717, 1.165) is 44.4 Å². The van der Waals surface area contributed by atoms with Crippen LogP contribution in [0.4, 0.5) is 24.5 Å². The van der Waals surface area contributed by atoms with Crippen LogP contribution >= 0.6 is 32.5 Å². The standard InChI is InChI=1S/C13H6F3NO5S2.C12H6ClNO4S2/c14-13(15,16)23-11-5-7(17(18)19)1-3-9(11)10-4-2-8(6-12(10)23)24(20,21)22;13-20(17,18)8-2-4-10-9-3-1-7(14(15)16)5-11(9)19-12(10)6-8/h1-6H;1-6H. The summed E-state index contributed by atoms with van der Waals surface area (Å²) in [5.41, 5.74) is -5.27. The van der Waals surface area contributed by atoms with Crippen LogP contribution in [0, 0.1) is 20.2 Å². The summed E-state index contributed by atoms with van der Waals surface area (Å²) in [5.74, 6) is 0. The predicted molar refractivity (Wildman–Crippen MR) is 159 cm³/mol. The minimum absolute atomic E-state index is 0.00856. The number of rotatable bonds is 4. The number of hydrogen-bond donors (Lipinski definition) is 0. The number of halogens is 4. The van der Waals surface area contributed by atoms with Crippen LogP contribution in [-0.4, -0.2) is 31.2 Å². The number of nitrogens with zero attached hydrogens (tertiary/aromatic N) is 2. The quantitative estimate of drug-likeness (QED) is 0.0579. The average Bonchev–Trinajstić information content (AvgIpc) is 3.46. The van der Waals surface area contributed by atoms with Gasteiger partial charge in [0.1, 0.15) is 20.6 Å². The van der Waals surface area contributed by atoms with E-state index >= 15 is 0 Å². The number of fused-ring (bicyclic) bond motifs is 6. The summed E-state index contributed by atoms with van der Waals surface area (Å²) in [4.78, 5) is 19.6. The van der Waals surface area contributed by atoms with Crippen LogP contribution in [-0.2, 0) is 24.7 Å². The third-order valence-electron chi connectivity index (χ3n) is 6.30. The summed E-state index contributed by atoms with van der Waals surface area (Å²) in [6.45, 7) is 0. The van der Waals surface area contributed by atoms with Crippen molar-refractivity contribution in [2.75, 3.05) is 0 Å². The lowest BCUT2D eigenvalue weighted by Crippen LogP contribution is -1.99. The highest BCUT2D eigenvalue weighted by molar-refractivity contribution is 8.13. The van der Waals surface area contributed by atoms with Crippen LogP contribution in [0.25, 0.3) is 40.3 Å². The van der Waals surface area contributed by atoms with Crippen molar-refractivity contribution >= 4 is 103 Å². The summed E-state index contributed by atoms with van der Waals surface area (Å²) in [6.07, 6.45) is 0. The number of alkyl halides is 3. The summed E-state index contributed by atoms with van der Waals surface area (Å²) in [6, 6.07) is 15.0. The molecule has 6 rings (SSSR count). The largest absolute Gasteiger partial charge is 0.744 e. The first-order valence-electron chi connectivity index (χ1n) is 11.6. The molecule has 0 aliphatic heterocycles. The molecule has 0 aliphatic rings. The molecule has 0 fully saturated rings. The molecule has 0 bridgehead atoms. The molecule has 2 heterocycles. The maximum atomic E-state index is 13.5. The third kappa shape index (κ3) is 5.91. The smallest absolute Gasteiger partial charge is 0.601 e. The Morgan fingerprint density at radius 2 is 1.14 bits per heavy atom. The van der Waals surface area contributed by atoms with E-state index in [1.165, 1.54) is 41.7 Å². The molecule has 11 nitrogen and oxygen atoms in total. The van der Waals surface area contributed by atoms with Crippen molar-refractivity contribution < 1.29 is 44.4 Å². The van der Waals surface area contributed by atoms with Gasteiger partial charge in [0.25, 0.3) is 20.4 Å². The molecule has 0 amide bonds. The van der Waals surface area contributed by atoms with Crippen LogP contribution in [0.3, 0.4) is 0 Å². The lowest BCUT2D eigenvalue weighted by Gasteiger charge is -2.05. The van der Waals surface area contributed by atoms with Crippen molar-refractivity contribution in [3.8, 4) is 0 Å². The van der Waals surface area contributed by atoms with Crippen molar-refractivity contribution in [2.24, 2.45) is 0 Å². The zero-order valence-corrected chi connectivity index (χ0v) is 25.2. The van der Waals surface area contributed by atoms with Crippen molar-refractivity contribution in [2.45, 2.75) is 15.3 Å². The van der Waals surface area contributed by atoms with Gasteiger partial charge >= 0.3 is 5.51 Å². The van der Waals surface area contributed by atoms with E-state index in [1.54, 1.807) is 12.1 Å². The molecule has 228 valence electrons. The van der Waals surface area contributed by atoms with E-state index in [1.807, 2.05) is 0 Å². The van der Waals surface area contributed by atoms with Gasteiger partial charge in [-0.15, -0.1) is 24.5 Å². The fraction of sp³-hybridized carbons (Fsp3) is 0.0400. The first-order chi connectivity index (χ1) is 20.4. The van der Waals surface area contributed by atoms with Crippen molar-refractivity contribution in [1.82, 2.24) is 0 Å². The molecule has 0 saturated heterocycles. The molecule has 4 aromatic carbocycles. The van der Waals surface area contributed by atoms with E-state index in [-0.39, 0.29) is 30.8 Å². The van der Waals surface area contributed by atoms with Gasteiger partial charge in [0.15, 0.2) is 9.40 Å². The molecule has 19 heteroatoms. The second-order valence-electron chi connectivity index (χ2n) is 8.94. The number of benzene rings is 4. The summed E-state index contributed by atoms with van der Waals surface area (Å²) in [5, 5.41) is 23.5. The normalized spacial score (nSPS) is 12.9. The van der Waals surface area contributed by atoms with Crippen LogP contribution in [0.5, 0.6) is 0 Å². The van der Waals surface area contributed by atoms with Gasteiger partial charge in [-0.2, -0.15) is 0 Å². The van der Waals surface area contributed by atoms with Gasteiger partial charge in [0.2, 0.25) is 0 Å². The maximum Gasteiger partial charge on any atom is 0.601 e. The summed E-state index contributed by atoms with van der Waals surface area (Å²) >= 11 is 1.30. The molecule has 6 aromatic rings. The highest BCUT2D eigenvalue weighted by Gasteiger charge is 2.48. The van der Waals surface area contributed by atoms with Crippen LogP contribution in [0.2, 0.25) is 0 Å². The molecule has 0 saturated carbocycles. The van der Waals surface area contributed by atoms with E-state index < -0.39 is 55.6 Å². The number of nitro groups is 2. The third-order valence-corrected chi connectivity index (χ3v) is 11.6. The van der Waals surface area contributed by atoms with Gasteiger partial charge in [-0.1, -0.05) is 6.07 Å². The molecular weight excluding hydrogens is 693 g/mol. The Bertz CT molecular complexity index is 2400. The maximum absolute atomic E-state index is 13.5. The highest BCUT2D eigenvalue weighted by Crippen LogP contribution is 2.54. The molecule has 0 aliphatic carbocycles. The Morgan fingerprint density at radius 1 is 0.682 bits per heavy atom. The average molecular weight is 705 g/mol. The number of nitro benzene ring substituents is 2. The summed E-state index contributed by atoms with van der Waals surface area (Å²) < 4.78 is 97.1. The van der Waals surface area contributed by atoms with Crippen LogP contribution in [0.15, 0.2) is 82.6 Å². The fourth-order valence-electron chi connectivity index (χ4n) is 4.44. The van der Waals surface area contributed by atoms with Crippen molar-refractivity contribution in [3.05, 3.63) is 93.0 Å². The first kappa shape index (κ1) is 31.5. The molecule has 1 unspecified atom stereocenters. The minimum Gasteiger partial charge on any atom is -0.744 e. The van der Waals surface area contributed by atoms with E-state index in [9.17, 15) is 54.8 Å². The molecule has 0 spiro atoms. The zero-order valence-electron chi connectivity index (χ0n) is 21.1. The first-order valence-corrected chi connectivity index (χ1v) is 17.4. The summed E-state index contributed by atoms with van der Waals surface area (Å²) in [7, 11) is -5.97. The van der Waals surface area contributed by atoms with Gasteiger partial charge in [-0.05, 0) is 36.4 Å². The number of non-ortho nitro benzene ring substituents is 2. The Labute approximate surface area is 255 Å². The topological polar surface area (TPSA) is 178 Å². The SMILES string of the molecule is O=[N+]([O-])c1ccc2c(c1)sc1cc(S(=O)(=O)Cl)ccc12.O=[N+]([O-])c1ccc2c3ccc(S(=O)(=O)[O-])cc3[s+](C(F)(F)F)c2c1. The Hall–Kier alpha value is -3.94. The molecule has 0 N–H and O–H groups in total. The minimum atomic E-state index is -4.92. The molecular formula is C25H12ClF3N2O9S4. The van der Waals surface area contributed by atoms with Crippen LogP contribution in [0.1, 0.15) is 0 Å². The second kappa shape index (κ2) is 10.9. The van der Waals surface area contributed by atoms with Crippen molar-refractivity contribution in [1.29, 1.82) is 0 Å². The second-order valence-corrected chi connectivity index (χ2v) is 15.9. The molecule has 0 radical (unpaired) electrons. The van der Waals surface area contributed by atoms with Gasteiger partial charge in [-0.25, -0.2) is 16.8 Å². The van der Waals surface area contributed by atoms with E-state index in [4.69, 9.17) is 10.7 Å². The lowest BCUT2D eigenvalue weighted by molar-refractivity contribution is -0.384.